The number of nitrogens with zero attached hydrogens (tertiary/aromatic N) is 3. The van der Waals surface area contributed by atoms with Gasteiger partial charge in [0.1, 0.15) is 5.56 Å². The van der Waals surface area contributed by atoms with Crippen LogP contribution in [0.3, 0.4) is 0 Å². The van der Waals surface area contributed by atoms with Gasteiger partial charge in [-0.15, -0.1) is 0 Å². The van der Waals surface area contributed by atoms with Crippen molar-refractivity contribution in [2.45, 2.75) is 25.6 Å². The lowest BCUT2D eigenvalue weighted by molar-refractivity contribution is -0.138. The van der Waals surface area contributed by atoms with Gasteiger partial charge in [0.05, 0.1) is 12.6 Å². The molecule has 160 valence electrons. The first kappa shape index (κ1) is 20.8. The lowest BCUT2D eigenvalue weighted by Gasteiger charge is -2.26. The van der Waals surface area contributed by atoms with Gasteiger partial charge < -0.3 is 5.32 Å². The fourth-order valence-corrected chi connectivity index (χ4v) is 3.37. The predicted molar refractivity (Wildman–Crippen MR) is 109 cm³/mol. The third kappa shape index (κ3) is 4.51. The summed E-state index contributed by atoms with van der Waals surface area (Å²) in [5, 5.41) is 4.10. The molecular formula is C22H19F3N4O2. The highest BCUT2D eigenvalue weighted by molar-refractivity contribution is 5.94. The van der Waals surface area contributed by atoms with Crippen molar-refractivity contribution < 1.29 is 22.8 Å². The molecule has 0 bridgehead atoms. The van der Waals surface area contributed by atoms with Gasteiger partial charge in [-0.05, 0) is 36.8 Å². The number of anilines is 3. The Hall–Kier alpha value is -3.46. The molecule has 1 unspecified atom stereocenters. The van der Waals surface area contributed by atoms with E-state index in [4.69, 9.17) is 4.84 Å². The van der Waals surface area contributed by atoms with Crippen molar-refractivity contribution in [3.05, 3.63) is 77.5 Å². The van der Waals surface area contributed by atoms with Crippen LogP contribution in [0.4, 0.5) is 30.6 Å². The molecule has 1 fully saturated rings. The predicted octanol–water partition coefficient (Wildman–Crippen LogP) is 5.32. The second-order valence-electron chi connectivity index (χ2n) is 7.06. The van der Waals surface area contributed by atoms with Crippen LogP contribution in [0.25, 0.3) is 0 Å². The number of hydrogen-bond acceptors (Lipinski definition) is 6. The Kier molecular flexibility index (Phi) is 5.60. The number of hydroxylamine groups is 1. The molecule has 1 aliphatic rings. The Morgan fingerprint density at radius 2 is 1.84 bits per heavy atom. The van der Waals surface area contributed by atoms with Crippen LogP contribution in [0.1, 0.15) is 40.9 Å². The Morgan fingerprint density at radius 1 is 1.13 bits per heavy atom. The molecule has 0 amide bonds. The van der Waals surface area contributed by atoms with Crippen LogP contribution in [0.2, 0.25) is 0 Å². The number of ketones is 1. The summed E-state index contributed by atoms with van der Waals surface area (Å²) >= 11 is 0. The molecule has 1 saturated heterocycles. The molecule has 0 spiro atoms. The van der Waals surface area contributed by atoms with Gasteiger partial charge in [-0.2, -0.15) is 18.2 Å². The van der Waals surface area contributed by atoms with Crippen LogP contribution in [-0.2, 0) is 11.0 Å². The molecule has 1 atom stereocenters. The molecule has 1 aliphatic heterocycles. The van der Waals surface area contributed by atoms with Crippen LogP contribution in [0.15, 0.2) is 60.8 Å². The minimum atomic E-state index is -4.65. The Bertz CT molecular complexity index is 1070. The number of aromatic nitrogens is 2. The number of hydrogen-bond donors (Lipinski definition) is 1. The van der Waals surface area contributed by atoms with Crippen LogP contribution >= 0.6 is 0 Å². The van der Waals surface area contributed by atoms with E-state index in [0.29, 0.717) is 17.7 Å². The maximum Gasteiger partial charge on any atom is 0.421 e. The maximum absolute atomic E-state index is 13.7. The number of Topliss-reactive ketones (excluding diaryl/α,β-unsaturated/α-hetero) is 1. The molecule has 2 heterocycles. The normalized spacial score (nSPS) is 16.4. The lowest BCUT2D eigenvalue weighted by atomic mass is 10.0. The van der Waals surface area contributed by atoms with Gasteiger partial charge in [-0.25, -0.2) is 10.0 Å². The summed E-state index contributed by atoms with van der Waals surface area (Å²) in [6.45, 7) is 1.73. The van der Waals surface area contributed by atoms with Gasteiger partial charge in [0.15, 0.2) is 11.6 Å². The zero-order chi connectivity index (χ0) is 22.0. The molecule has 6 nitrogen and oxygen atoms in total. The lowest BCUT2D eigenvalue weighted by Crippen LogP contribution is -2.26. The first-order valence-electron chi connectivity index (χ1n) is 9.62. The van der Waals surface area contributed by atoms with E-state index in [1.54, 1.807) is 24.3 Å². The second kappa shape index (κ2) is 8.35. The minimum absolute atomic E-state index is 0.0131. The average Bonchev–Trinajstić information content (AvgIpc) is 3.24. The fourth-order valence-electron chi connectivity index (χ4n) is 3.37. The van der Waals surface area contributed by atoms with Crippen molar-refractivity contribution >= 4 is 23.2 Å². The Morgan fingerprint density at radius 3 is 2.48 bits per heavy atom. The highest BCUT2D eigenvalue weighted by atomic mass is 19.4. The Balaban J connectivity index is 1.69. The van der Waals surface area contributed by atoms with Crippen LogP contribution in [0.5, 0.6) is 0 Å². The van der Waals surface area contributed by atoms with Crippen molar-refractivity contribution in [1.82, 2.24) is 9.97 Å². The summed E-state index contributed by atoms with van der Waals surface area (Å²) in [6.07, 6.45) is -3.37. The van der Waals surface area contributed by atoms with E-state index in [-0.39, 0.29) is 24.2 Å². The van der Waals surface area contributed by atoms with E-state index in [1.807, 2.05) is 30.3 Å². The number of carbonyl (C=O) groups excluding carboxylic acids is 1. The summed E-state index contributed by atoms with van der Waals surface area (Å²) in [5.74, 6) is -0.449. The van der Waals surface area contributed by atoms with Crippen LogP contribution in [-0.4, -0.2) is 22.4 Å². The van der Waals surface area contributed by atoms with Crippen molar-refractivity contribution in [3.63, 3.8) is 0 Å². The summed E-state index contributed by atoms with van der Waals surface area (Å²) < 4.78 is 41.1. The third-order valence-corrected chi connectivity index (χ3v) is 4.92. The van der Waals surface area contributed by atoms with Crippen molar-refractivity contribution in [3.8, 4) is 0 Å². The van der Waals surface area contributed by atoms with Crippen LogP contribution < -0.4 is 10.4 Å². The SMILES string of the molecule is CC(=O)c1ccc(Nc2ncc(C(F)(F)F)c(N3OCCC3c3ccccc3)n2)cc1. The van der Waals surface area contributed by atoms with E-state index >= 15 is 0 Å². The van der Waals surface area contributed by atoms with Gasteiger partial charge >= 0.3 is 6.18 Å². The summed E-state index contributed by atoms with van der Waals surface area (Å²) in [7, 11) is 0. The number of carbonyl (C=O) groups is 1. The first-order valence-corrected chi connectivity index (χ1v) is 9.62. The molecule has 2 aromatic carbocycles. The summed E-state index contributed by atoms with van der Waals surface area (Å²) in [5.41, 5.74) is 0.919. The quantitative estimate of drug-likeness (QED) is 0.555. The molecule has 4 rings (SSSR count). The third-order valence-electron chi connectivity index (χ3n) is 4.92. The number of halogens is 3. The average molecular weight is 428 g/mol. The van der Waals surface area contributed by atoms with E-state index in [9.17, 15) is 18.0 Å². The Labute approximate surface area is 176 Å². The monoisotopic (exact) mass is 428 g/mol. The number of benzene rings is 2. The minimum Gasteiger partial charge on any atom is -0.324 e. The van der Waals surface area contributed by atoms with E-state index in [0.717, 1.165) is 11.8 Å². The molecule has 0 radical (unpaired) electrons. The summed E-state index contributed by atoms with van der Waals surface area (Å²) in [4.78, 5) is 25.0. The van der Waals surface area contributed by atoms with Gasteiger partial charge in [-0.3, -0.25) is 9.63 Å². The topological polar surface area (TPSA) is 67.4 Å². The fraction of sp³-hybridized carbons (Fsp3) is 0.227. The smallest absolute Gasteiger partial charge is 0.324 e. The molecule has 31 heavy (non-hydrogen) atoms. The maximum atomic E-state index is 13.7. The van der Waals surface area contributed by atoms with E-state index < -0.39 is 17.8 Å². The van der Waals surface area contributed by atoms with Gasteiger partial charge in [0, 0.05) is 23.9 Å². The zero-order valence-electron chi connectivity index (χ0n) is 16.6. The van der Waals surface area contributed by atoms with E-state index in [1.165, 1.54) is 12.0 Å². The molecule has 3 aromatic rings. The highest BCUT2D eigenvalue weighted by Crippen LogP contribution is 2.41. The van der Waals surface area contributed by atoms with Gasteiger partial charge in [0.25, 0.3) is 0 Å². The number of nitrogens with one attached hydrogen (secondary N) is 1. The first-order chi connectivity index (χ1) is 14.8. The highest BCUT2D eigenvalue weighted by Gasteiger charge is 2.40. The van der Waals surface area contributed by atoms with Gasteiger partial charge in [0.2, 0.25) is 5.95 Å². The van der Waals surface area contributed by atoms with Crippen molar-refractivity contribution in [2.75, 3.05) is 17.0 Å². The number of alkyl halides is 3. The molecule has 0 aliphatic carbocycles. The van der Waals surface area contributed by atoms with Crippen molar-refractivity contribution in [1.29, 1.82) is 0 Å². The summed E-state index contributed by atoms with van der Waals surface area (Å²) in [6, 6.07) is 15.3. The second-order valence-corrected chi connectivity index (χ2v) is 7.06. The molecule has 9 heteroatoms. The van der Waals surface area contributed by atoms with E-state index in [2.05, 4.69) is 15.3 Å². The molecule has 1 N–H and O–H groups in total. The molecular weight excluding hydrogens is 409 g/mol. The number of rotatable bonds is 5. The zero-order valence-corrected chi connectivity index (χ0v) is 16.6. The standard InChI is InChI=1S/C22H19F3N4O2/c1-14(30)15-7-9-17(10-8-15)27-21-26-13-18(22(23,24)25)20(28-21)29-19(11-12-31-29)16-5-3-2-4-6-16/h2-10,13,19H,11-12H2,1H3,(H,26,27,28). The van der Waals surface area contributed by atoms with Crippen LogP contribution in [0, 0.1) is 0 Å². The van der Waals surface area contributed by atoms with Crippen molar-refractivity contribution in [2.24, 2.45) is 0 Å². The molecule has 1 aromatic heterocycles. The largest absolute Gasteiger partial charge is 0.421 e. The molecule has 0 saturated carbocycles. The van der Waals surface area contributed by atoms with Gasteiger partial charge in [-0.1, -0.05) is 30.3 Å².